The largest absolute Gasteiger partial charge is 0.314 e. The third kappa shape index (κ3) is 7.08. The summed E-state index contributed by atoms with van der Waals surface area (Å²) >= 11 is 0. The highest BCUT2D eigenvalue weighted by Gasteiger charge is 2.18. The maximum atomic E-state index is 3.70. The van der Waals surface area contributed by atoms with Gasteiger partial charge in [-0.05, 0) is 44.6 Å². The Morgan fingerprint density at radius 2 is 2.06 bits per heavy atom. The van der Waals surface area contributed by atoms with Gasteiger partial charge in [0.15, 0.2) is 0 Å². The minimum Gasteiger partial charge on any atom is -0.314 e. The first-order chi connectivity index (χ1) is 8.22. The van der Waals surface area contributed by atoms with Crippen LogP contribution in [0.4, 0.5) is 0 Å². The molecule has 0 radical (unpaired) electrons. The van der Waals surface area contributed by atoms with Gasteiger partial charge >= 0.3 is 0 Å². The molecule has 1 aliphatic rings. The summed E-state index contributed by atoms with van der Waals surface area (Å²) in [6, 6.07) is 0.725. The smallest absolute Gasteiger partial charge is 0.00387 e. The van der Waals surface area contributed by atoms with Crippen molar-refractivity contribution in [3.8, 4) is 0 Å². The second-order valence-electron chi connectivity index (χ2n) is 6.28. The topological polar surface area (TPSA) is 12.0 Å². The van der Waals surface area contributed by atoms with E-state index in [9.17, 15) is 0 Å². The van der Waals surface area contributed by atoms with E-state index in [1.165, 1.54) is 64.3 Å². The summed E-state index contributed by atoms with van der Waals surface area (Å²) < 4.78 is 0. The molecule has 1 fully saturated rings. The second-order valence-corrected chi connectivity index (χ2v) is 6.28. The second kappa shape index (κ2) is 8.97. The molecule has 1 N–H and O–H groups in total. The minimum absolute atomic E-state index is 0.725. The summed E-state index contributed by atoms with van der Waals surface area (Å²) in [6.45, 7) is 8.29. The van der Waals surface area contributed by atoms with Gasteiger partial charge in [-0.1, -0.05) is 52.4 Å². The van der Waals surface area contributed by atoms with Crippen molar-refractivity contribution in [3.63, 3.8) is 0 Å². The molecule has 0 aromatic rings. The summed E-state index contributed by atoms with van der Waals surface area (Å²) in [5.41, 5.74) is 0. The van der Waals surface area contributed by atoms with Crippen molar-refractivity contribution in [3.05, 3.63) is 0 Å². The Hall–Kier alpha value is -0.0400. The Labute approximate surface area is 109 Å². The van der Waals surface area contributed by atoms with Crippen molar-refractivity contribution >= 4 is 0 Å². The number of unbranched alkanes of at least 4 members (excludes halogenated alkanes) is 2. The highest BCUT2D eigenvalue weighted by atomic mass is 14.9. The number of hydrogen-bond acceptors (Lipinski definition) is 1. The Bertz CT molecular complexity index is 178. The van der Waals surface area contributed by atoms with Crippen LogP contribution in [0.15, 0.2) is 0 Å². The summed E-state index contributed by atoms with van der Waals surface area (Å²) in [5.74, 6) is 1.99. The molecular formula is C16H33N. The van der Waals surface area contributed by atoms with E-state index >= 15 is 0 Å². The Morgan fingerprint density at radius 3 is 2.76 bits per heavy atom. The molecule has 0 aliphatic heterocycles. The first-order valence-electron chi connectivity index (χ1n) is 7.95. The van der Waals surface area contributed by atoms with Crippen molar-refractivity contribution in [2.45, 2.75) is 84.6 Å². The van der Waals surface area contributed by atoms with Gasteiger partial charge in [0.1, 0.15) is 0 Å². The van der Waals surface area contributed by atoms with Crippen molar-refractivity contribution in [2.75, 3.05) is 6.54 Å². The molecule has 3 atom stereocenters. The van der Waals surface area contributed by atoms with Gasteiger partial charge in [0, 0.05) is 6.04 Å². The molecule has 0 spiro atoms. The zero-order valence-electron chi connectivity index (χ0n) is 12.3. The van der Waals surface area contributed by atoms with Crippen LogP contribution in [0.1, 0.15) is 78.6 Å². The molecule has 0 heterocycles. The van der Waals surface area contributed by atoms with E-state index in [2.05, 4.69) is 26.1 Å². The van der Waals surface area contributed by atoms with Crippen LogP contribution in [0, 0.1) is 11.8 Å². The first-order valence-corrected chi connectivity index (χ1v) is 7.95. The fourth-order valence-electron chi connectivity index (χ4n) is 3.16. The maximum Gasteiger partial charge on any atom is 0.00387 e. The number of hydrogen-bond donors (Lipinski definition) is 1. The quantitative estimate of drug-likeness (QED) is 0.602. The highest BCUT2D eigenvalue weighted by molar-refractivity contribution is 4.72. The van der Waals surface area contributed by atoms with Crippen LogP contribution in [0.5, 0.6) is 0 Å². The first kappa shape index (κ1) is 15.0. The predicted octanol–water partition coefficient (Wildman–Crippen LogP) is 4.76. The van der Waals surface area contributed by atoms with Crippen molar-refractivity contribution < 1.29 is 0 Å². The van der Waals surface area contributed by atoms with Gasteiger partial charge in [0.2, 0.25) is 0 Å². The van der Waals surface area contributed by atoms with Gasteiger partial charge in [-0.3, -0.25) is 0 Å². The van der Waals surface area contributed by atoms with E-state index in [1.807, 2.05) is 0 Å². The van der Waals surface area contributed by atoms with Crippen molar-refractivity contribution in [1.29, 1.82) is 0 Å². The molecule has 102 valence electrons. The summed E-state index contributed by atoms with van der Waals surface area (Å²) in [4.78, 5) is 0. The Balaban J connectivity index is 1.98. The maximum absolute atomic E-state index is 3.70. The molecule has 0 aromatic carbocycles. The predicted molar refractivity (Wildman–Crippen MR) is 77.3 cm³/mol. The van der Waals surface area contributed by atoms with E-state index in [-0.39, 0.29) is 0 Å². The SMILES string of the molecule is CCCCCC(C)NCCC1CCCC(C)C1. The van der Waals surface area contributed by atoms with E-state index in [1.54, 1.807) is 0 Å². The highest BCUT2D eigenvalue weighted by Crippen LogP contribution is 2.30. The molecule has 0 amide bonds. The van der Waals surface area contributed by atoms with E-state index < -0.39 is 0 Å². The van der Waals surface area contributed by atoms with E-state index in [4.69, 9.17) is 0 Å². The van der Waals surface area contributed by atoms with Crippen LogP contribution >= 0.6 is 0 Å². The molecule has 1 saturated carbocycles. The van der Waals surface area contributed by atoms with Crippen LogP contribution in [-0.2, 0) is 0 Å². The summed E-state index contributed by atoms with van der Waals surface area (Å²) in [7, 11) is 0. The average molecular weight is 239 g/mol. The molecule has 17 heavy (non-hydrogen) atoms. The third-order valence-corrected chi connectivity index (χ3v) is 4.33. The van der Waals surface area contributed by atoms with Crippen LogP contribution in [0.25, 0.3) is 0 Å². The van der Waals surface area contributed by atoms with Crippen LogP contribution in [0.2, 0.25) is 0 Å². The molecule has 0 saturated heterocycles. The molecule has 1 aliphatic carbocycles. The molecule has 1 rings (SSSR count). The fraction of sp³-hybridized carbons (Fsp3) is 1.00. The molecule has 0 bridgehead atoms. The van der Waals surface area contributed by atoms with Gasteiger partial charge in [-0.15, -0.1) is 0 Å². The monoisotopic (exact) mass is 239 g/mol. The fourth-order valence-corrected chi connectivity index (χ4v) is 3.16. The zero-order valence-corrected chi connectivity index (χ0v) is 12.3. The normalized spacial score (nSPS) is 27.0. The molecule has 0 aromatic heterocycles. The van der Waals surface area contributed by atoms with Crippen molar-refractivity contribution in [1.82, 2.24) is 5.32 Å². The Kier molecular flexibility index (Phi) is 7.92. The molecule has 1 nitrogen and oxygen atoms in total. The Morgan fingerprint density at radius 1 is 1.24 bits per heavy atom. The lowest BCUT2D eigenvalue weighted by atomic mass is 9.81. The average Bonchev–Trinajstić information content (AvgIpc) is 2.29. The molecule has 1 heteroatoms. The number of nitrogens with one attached hydrogen (secondary N) is 1. The van der Waals surface area contributed by atoms with Crippen LogP contribution in [-0.4, -0.2) is 12.6 Å². The minimum atomic E-state index is 0.725. The standard InChI is InChI=1S/C16H33N/c1-4-5-6-9-15(3)17-12-11-16-10-7-8-14(2)13-16/h14-17H,4-13H2,1-3H3. The van der Waals surface area contributed by atoms with E-state index in [0.29, 0.717) is 0 Å². The van der Waals surface area contributed by atoms with Gasteiger partial charge in [-0.2, -0.15) is 0 Å². The molecular weight excluding hydrogens is 206 g/mol. The lowest BCUT2D eigenvalue weighted by Crippen LogP contribution is -2.29. The zero-order chi connectivity index (χ0) is 12.5. The summed E-state index contributed by atoms with van der Waals surface area (Å²) in [5, 5.41) is 3.70. The van der Waals surface area contributed by atoms with Crippen LogP contribution < -0.4 is 5.32 Å². The van der Waals surface area contributed by atoms with Gasteiger partial charge in [-0.25, -0.2) is 0 Å². The van der Waals surface area contributed by atoms with Crippen LogP contribution in [0.3, 0.4) is 0 Å². The van der Waals surface area contributed by atoms with Crippen molar-refractivity contribution in [2.24, 2.45) is 11.8 Å². The lowest BCUT2D eigenvalue weighted by molar-refractivity contribution is 0.264. The van der Waals surface area contributed by atoms with Gasteiger partial charge in [0.05, 0.1) is 0 Å². The third-order valence-electron chi connectivity index (χ3n) is 4.33. The lowest BCUT2D eigenvalue weighted by Gasteiger charge is -2.27. The number of rotatable bonds is 8. The summed E-state index contributed by atoms with van der Waals surface area (Å²) in [6.07, 6.45) is 12.8. The van der Waals surface area contributed by atoms with Gasteiger partial charge in [0.25, 0.3) is 0 Å². The molecule has 3 unspecified atom stereocenters. The van der Waals surface area contributed by atoms with Gasteiger partial charge < -0.3 is 5.32 Å². The van der Waals surface area contributed by atoms with E-state index in [0.717, 1.165) is 17.9 Å².